The van der Waals surface area contributed by atoms with E-state index in [0.29, 0.717) is 6.54 Å². The largest absolute Gasteiger partial charge is 0.454 e. The SMILES string of the molecule is CCn1ncc(C(=O)OCC(=O)c2c(F)cccc2F)c1N. The number of hydrogen-bond acceptors (Lipinski definition) is 5. The first-order chi connectivity index (χ1) is 10.5. The highest BCUT2D eigenvalue weighted by molar-refractivity contribution is 6.00. The van der Waals surface area contributed by atoms with Crippen LogP contribution in [0.3, 0.4) is 0 Å². The van der Waals surface area contributed by atoms with Crippen LogP contribution in [-0.4, -0.2) is 28.1 Å². The Balaban J connectivity index is 2.08. The molecule has 8 heteroatoms. The normalized spacial score (nSPS) is 10.5. The van der Waals surface area contributed by atoms with Crippen molar-refractivity contribution < 1.29 is 23.1 Å². The highest BCUT2D eigenvalue weighted by Crippen LogP contribution is 2.15. The lowest BCUT2D eigenvalue weighted by Gasteiger charge is -2.06. The van der Waals surface area contributed by atoms with Crippen molar-refractivity contribution in [2.75, 3.05) is 12.3 Å². The lowest BCUT2D eigenvalue weighted by Crippen LogP contribution is -2.17. The molecule has 0 amide bonds. The molecule has 0 fully saturated rings. The van der Waals surface area contributed by atoms with Crippen molar-refractivity contribution in [2.24, 2.45) is 0 Å². The summed E-state index contributed by atoms with van der Waals surface area (Å²) in [6, 6.07) is 3.02. The molecule has 1 heterocycles. The van der Waals surface area contributed by atoms with Gasteiger partial charge in [-0.15, -0.1) is 0 Å². The van der Waals surface area contributed by atoms with E-state index in [1.807, 2.05) is 0 Å². The molecule has 0 bridgehead atoms. The molecule has 0 unspecified atom stereocenters. The van der Waals surface area contributed by atoms with E-state index in [-0.39, 0.29) is 11.4 Å². The second-order valence-electron chi connectivity index (χ2n) is 4.36. The molecule has 0 aliphatic carbocycles. The van der Waals surface area contributed by atoms with Gasteiger partial charge in [0.05, 0.1) is 11.8 Å². The Morgan fingerprint density at radius 2 is 1.95 bits per heavy atom. The van der Waals surface area contributed by atoms with Crippen LogP contribution in [0.1, 0.15) is 27.6 Å². The van der Waals surface area contributed by atoms with Crippen molar-refractivity contribution in [2.45, 2.75) is 13.5 Å². The van der Waals surface area contributed by atoms with E-state index in [4.69, 9.17) is 10.5 Å². The summed E-state index contributed by atoms with van der Waals surface area (Å²) < 4.78 is 33.0. The zero-order chi connectivity index (χ0) is 16.3. The van der Waals surface area contributed by atoms with Gasteiger partial charge in [-0.05, 0) is 19.1 Å². The summed E-state index contributed by atoms with van der Waals surface area (Å²) in [5, 5.41) is 3.85. The standard InChI is InChI=1S/C14H13F2N3O3/c1-2-19-13(17)8(6-18-19)14(21)22-7-11(20)12-9(15)4-3-5-10(12)16/h3-6H,2,7,17H2,1H3. The number of carbonyl (C=O) groups excluding carboxylic acids is 2. The summed E-state index contributed by atoms with van der Waals surface area (Å²) in [7, 11) is 0. The molecule has 0 spiro atoms. The number of benzene rings is 1. The molecule has 2 N–H and O–H groups in total. The number of anilines is 1. The lowest BCUT2D eigenvalue weighted by molar-refractivity contribution is 0.0473. The number of esters is 1. The van der Waals surface area contributed by atoms with E-state index in [1.165, 1.54) is 10.9 Å². The molecule has 0 atom stereocenters. The Bertz CT molecular complexity index is 708. The van der Waals surface area contributed by atoms with Gasteiger partial charge in [0.15, 0.2) is 6.61 Å². The molecule has 116 valence electrons. The van der Waals surface area contributed by atoms with Gasteiger partial charge in [0.2, 0.25) is 5.78 Å². The third-order valence-electron chi connectivity index (χ3n) is 2.98. The highest BCUT2D eigenvalue weighted by Gasteiger charge is 2.21. The summed E-state index contributed by atoms with van der Waals surface area (Å²) in [5.74, 6) is -3.80. The second-order valence-corrected chi connectivity index (χ2v) is 4.36. The molecule has 0 aliphatic heterocycles. The summed E-state index contributed by atoms with van der Waals surface area (Å²) in [5.41, 5.74) is 4.92. The first-order valence-electron chi connectivity index (χ1n) is 6.41. The van der Waals surface area contributed by atoms with Gasteiger partial charge in [-0.25, -0.2) is 18.3 Å². The first-order valence-corrected chi connectivity index (χ1v) is 6.41. The maximum atomic E-state index is 13.4. The molecule has 1 aromatic heterocycles. The van der Waals surface area contributed by atoms with E-state index in [0.717, 1.165) is 18.2 Å². The van der Waals surface area contributed by atoms with Crippen molar-refractivity contribution in [1.29, 1.82) is 0 Å². The molecular formula is C14H13F2N3O3. The van der Waals surface area contributed by atoms with Crippen molar-refractivity contribution in [3.8, 4) is 0 Å². The van der Waals surface area contributed by atoms with Crippen LogP contribution < -0.4 is 5.73 Å². The number of aromatic nitrogens is 2. The zero-order valence-electron chi connectivity index (χ0n) is 11.7. The van der Waals surface area contributed by atoms with Crippen LogP contribution >= 0.6 is 0 Å². The second kappa shape index (κ2) is 6.33. The van der Waals surface area contributed by atoms with E-state index in [9.17, 15) is 18.4 Å². The zero-order valence-corrected chi connectivity index (χ0v) is 11.7. The van der Waals surface area contributed by atoms with Crippen LogP contribution in [-0.2, 0) is 11.3 Å². The molecule has 0 aliphatic rings. The maximum Gasteiger partial charge on any atom is 0.343 e. The lowest BCUT2D eigenvalue weighted by atomic mass is 10.1. The molecule has 2 aromatic rings. The fourth-order valence-electron chi connectivity index (χ4n) is 1.85. The van der Waals surface area contributed by atoms with Gasteiger partial charge in [0, 0.05) is 6.54 Å². The molecule has 2 rings (SSSR count). The minimum absolute atomic E-state index is 0.0105. The van der Waals surface area contributed by atoms with Gasteiger partial charge in [0.25, 0.3) is 0 Å². The maximum absolute atomic E-state index is 13.4. The Labute approximate surface area is 124 Å². The van der Waals surface area contributed by atoms with Crippen LogP contribution in [0.15, 0.2) is 24.4 Å². The highest BCUT2D eigenvalue weighted by atomic mass is 19.1. The van der Waals surface area contributed by atoms with Crippen molar-refractivity contribution in [1.82, 2.24) is 9.78 Å². The molecule has 0 radical (unpaired) electrons. The Kier molecular flexibility index (Phi) is 4.50. The van der Waals surface area contributed by atoms with Gasteiger partial charge >= 0.3 is 5.97 Å². The molecule has 6 nitrogen and oxygen atoms in total. The topological polar surface area (TPSA) is 87.2 Å². The number of hydrogen-bond donors (Lipinski definition) is 1. The summed E-state index contributed by atoms with van der Waals surface area (Å²) >= 11 is 0. The summed E-state index contributed by atoms with van der Waals surface area (Å²) in [6.45, 7) is 1.44. The number of nitrogen functional groups attached to an aromatic ring is 1. The average molecular weight is 309 g/mol. The van der Waals surface area contributed by atoms with Gasteiger partial charge in [0.1, 0.15) is 23.0 Å². The number of aryl methyl sites for hydroxylation is 1. The third-order valence-corrected chi connectivity index (χ3v) is 2.98. The van der Waals surface area contributed by atoms with Gasteiger partial charge < -0.3 is 10.5 Å². The number of ether oxygens (including phenoxy) is 1. The Morgan fingerprint density at radius 1 is 1.32 bits per heavy atom. The smallest absolute Gasteiger partial charge is 0.343 e. The minimum Gasteiger partial charge on any atom is -0.454 e. The molecule has 0 saturated carbocycles. The van der Waals surface area contributed by atoms with Gasteiger partial charge in [-0.1, -0.05) is 6.07 Å². The number of rotatable bonds is 5. The summed E-state index contributed by atoms with van der Waals surface area (Å²) in [4.78, 5) is 23.6. The minimum atomic E-state index is -1.01. The number of nitrogens with two attached hydrogens (primary N) is 1. The average Bonchev–Trinajstić information content (AvgIpc) is 2.85. The first kappa shape index (κ1) is 15.6. The quantitative estimate of drug-likeness (QED) is 0.672. The van der Waals surface area contributed by atoms with Crippen LogP contribution in [0.4, 0.5) is 14.6 Å². The van der Waals surface area contributed by atoms with Gasteiger partial charge in [-0.3, -0.25) is 4.79 Å². The molecular weight excluding hydrogens is 296 g/mol. The van der Waals surface area contributed by atoms with Crippen molar-refractivity contribution in [3.63, 3.8) is 0 Å². The van der Waals surface area contributed by atoms with E-state index in [1.54, 1.807) is 6.92 Å². The Morgan fingerprint density at radius 3 is 2.50 bits per heavy atom. The van der Waals surface area contributed by atoms with Gasteiger partial charge in [-0.2, -0.15) is 5.10 Å². The number of halogens is 2. The number of nitrogens with zero attached hydrogens (tertiary/aromatic N) is 2. The fourth-order valence-corrected chi connectivity index (χ4v) is 1.85. The van der Waals surface area contributed by atoms with E-state index in [2.05, 4.69) is 5.10 Å². The van der Waals surface area contributed by atoms with E-state index < -0.39 is 35.6 Å². The van der Waals surface area contributed by atoms with Crippen LogP contribution in [0, 0.1) is 11.6 Å². The van der Waals surface area contributed by atoms with Crippen LogP contribution in [0.2, 0.25) is 0 Å². The molecule has 22 heavy (non-hydrogen) atoms. The van der Waals surface area contributed by atoms with Crippen molar-refractivity contribution in [3.05, 3.63) is 47.2 Å². The fraction of sp³-hybridized carbons (Fsp3) is 0.214. The third kappa shape index (κ3) is 2.95. The Hall–Kier alpha value is -2.77. The van der Waals surface area contributed by atoms with Crippen molar-refractivity contribution >= 4 is 17.6 Å². The monoisotopic (exact) mass is 309 g/mol. The number of Topliss-reactive ketones (excluding diaryl/α,β-unsaturated/α-hetero) is 1. The van der Waals surface area contributed by atoms with Crippen LogP contribution in [0.5, 0.6) is 0 Å². The summed E-state index contributed by atoms with van der Waals surface area (Å²) in [6.07, 6.45) is 1.20. The van der Waals surface area contributed by atoms with E-state index >= 15 is 0 Å². The molecule has 1 aromatic carbocycles. The predicted octanol–water partition coefficient (Wildman–Crippen LogP) is 1.80. The molecule has 0 saturated heterocycles. The number of carbonyl (C=O) groups is 2. The number of ketones is 1. The van der Waals surface area contributed by atoms with Crippen LogP contribution in [0.25, 0.3) is 0 Å². The predicted molar refractivity (Wildman–Crippen MR) is 73.3 cm³/mol.